The lowest BCUT2D eigenvalue weighted by Gasteiger charge is -2.07. The molecule has 2 rings (SSSR count). The van der Waals surface area contributed by atoms with E-state index in [1.807, 2.05) is 13.8 Å². The molecule has 0 aliphatic carbocycles. The summed E-state index contributed by atoms with van der Waals surface area (Å²) in [6.07, 6.45) is 1.49. The number of nitrogens with one attached hydrogen (secondary N) is 1. The molecule has 0 spiro atoms. The Balaban J connectivity index is 2.21. The molecule has 1 aromatic heterocycles. The Hall–Kier alpha value is -2.50. The van der Waals surface area contributed by atoms with Crippen molar-refractivity contribution in [3.8, 4) is 5.75 Å². The number of phenolic OH excluding ortho intramolecular Hbond substituents is 1. The predicted molar refractivity (Wildman–Crippen MR) is 79.4 cm³/mol. The highest BCUT2D eigenvalue weighted by Gasteiger charge is 2.11. The van der Waals surface area contributed by atoms with Crippen molar-refractivity contribution in [2.45, 2.75) is 33.6 Å². The minimum Gasteiger partial charge on any atom is -0.508 e. The number of anilines is 1. The Kier molecular flexibility index (Phi) is 4.47. The van der Waals surface area contributed by atoms with Crippen LogP contribution in [0.4, 0.5) is 5.95 Å². The van der Waals surface area contributed by atoms with Crippen molar-refractivity contribution in [1.29, 1.82) is 0 Å². The highest BCUT2D eigenvalue weighted by molar-refractivity contribution is 6.03. The second kappa shape index (κ2) is 6.30. The predicted octanol–water partition coefficient (Wildman–Crippen LogP) is 2.26. The van der Waals surface area contributed by atoms with Gasteiger partial charge in [-0.05, 0) is 43.5 Å². The van der Waals surface area contributed by atoms with Gasteiger partial charge in [0, 0.05) is 5.56 Å². The maximum atomic E-state index is 12.1. The molecule has 0 saturated carbocycles. The average Bonchev–Trinajstić information content (AvgIpc) is 2.49. The number of hydrogen-bond acceptors (Lipinski definition) is 5. The highest BCUT2D eigenvalue weighted by atomic mass is 16.3. The molecule has 0 saturated heterocycles. The van der Waals surface area contributed by atoms with E-state index in [0.717, 1.165) is 24.2 Å². The van der Waals surface area contributed by atoms with E-state index in [0.29, 0.717) is 11.1 Å². The minimum absolute atomic E-state index is 0.157. The number of nitrogens with zero attached hydrogens (tertiary/aromatic N) is 3. The lowest BCUT2D eigenvalue weighted by molar-refractivity contribution is 0.102. The SMILES string of the molecule is CCc1nnc(NC(=O)c2ccc(O)c(C)c2)nc1CC. The van der Waals surface area contributed by atoms with Crippen molar-refractivity contribution in [3.63, 3.8) is 0 Å². The van der Waals surface area contributed by atoms with Gasteiger partial charge in [0.25, 0.3) is 5.91 Å². The summed E-state index contributed by atoms with van der Waals surface area (Å²) in [6, 6.07) is 4.65. The van der Waals surface area contributed by atoms with E-state index < -0.39 is 0 Å². The lowest BCUT2D eigenvalue weighted by atomic mass is 10.1. The van der Waals surface area contributed by atoms with Gasteiger partial charge in [-0.3, -0.25) is 10.1 Å². The zero-order valence-corrected chi connectivity index (χ0v) is 12.3. The molecule has 110 valence electrons. The van der Waals surface area contributed by atoms with Gasteiger partial charge in [0.1, 0.15) is 5.75 Å². The smallest absolute Gasteiger partial charge is 0.258 e. The fourth-order valence-electron chi connectivity index (χ4n) is 1.96. The molecule has 6 heteroatoms. The van der Waals surface area contributed by atoms with Gasteiger partial charge in [-0.1, -0.05) is 13.8 Å². The quantitative estimate of drug-likeness (QED) is 0.900. The third-order valence-electron chi connectivity index (χ3n) is 3.19. The molecule has 0 unspecified atom stereocenters. The Morgan fingerprint density at radius 2 is 1.90 bits per heavy atom. The topological polar surface area (TPSA) is 88.0 Å². The first-order chi connectivity index (χ1) is 10.0. The molecular weight excluding hydrogens is 268 g/mol. The Bertz CT molecular complexity index is 671. The van der Waals surface area contributed by atoms with Crippen molar-refractivity contribution < 1.29 is 9.90 Å². The average molecular weight is 286 g/mol. The van der Waals surface area contributed by atoms with Gasteiger partial charge in [-0.25, -0.2) is 4.98 Å². The number of aromatic nitrogens is 3. The summed E-state index contributed by atoms with van der Waals surface area (Å²) in [7, 11) is 0. The molecule has 6 nitrogen and oxygen atoms in total. The van der Waals surface area contributed by atoms with E-state index in [9.17, 15) is 9.90 Å². The van der Waals surface area contributed by atoms with Crippen LogP contribution >= 0.6 is 0 Å². The van der Waals surface area contributed by atoms with E-state index in [1.165, 1.54) is 6.07 Å². The number of phenols is 1. The number of benzene rings is 1. The summed E-state index contributed by atoms with van der Waals surface area (Å²) in [4.78, 5) is 16.4. The standard InChI is InChI=1S/C15H18N4O2/c1-4-11-12(5-2)18-19-15(16-11)17-14(21)10-6-7-13(20)9(3)8-10/h6-8,20H,4-5H2,1-3H3,(H,16,17,19,21). The third kappa shape index (κ3) is 3.34. The van der Waals surface area contributed by atoms with Crippen LogP contribution in [-0.2, 0) is 12.8 Å². The van der Waals surface area contributed by atoms with E-state index >= 15 is 0 Å². The first-order valence-corrected chi connectivity index (χ1v) is 6.88. The summed E-state index contributed by atoms with van der Waals surface area (Å²) in [5.74, 6) is 0.0241. The van der Waals surface area contributed by atoms with Crippen molar-refractivity contribution in [2.75, 3.05) is 5.32 Å². The zero-order valence-electron chi connectivity index (χ0n) is 12.3. The Morgan fingerprint density at radius 1 is 1.19 bits per heavy atom. The molecule has 1 aromatic carbocycles. The van der Waals surface area contributed by atoms with Crippen LogP contribution in [0.15, 0.2) is 18.2 Å². The van der Waals surface area contributed by atoms with Gasteiger partial charge in [-0.2, -0.15) is 0 Å². The highest BCUT2D eigenvalue weighted by Crippen LogP contribution is 2.17. The first-order valence-electron chi connectivity index (χ1n) is 6.88. The van der Waals surface area contributed by atoms with Crippen LogP contribution in [0, 0.1) is 6.92 Å². The van der Waals surface area contributed by atoms with Gasteiger partial charge in [-0.15, -0.1) is 10.2 Å². The maximum Gasteiger partial charge on any atom is 0.258 e. The number of hydrogen-bond donors (Lipinski definition) is 2. The number of carbonyl (C=O) groups excluding carboxylic acids is 1. The molecule has 2 N–H and O–H groups in total. The van der Waals surface area contributed by atoms with E-state index in [4.69, 9.17) is 0 Å². The Labute approximate surface area is 123 Å². The minimum atomic E-state index is -0.328. The molecule has 0 aliphatic heterocycles. The maximum absolute atomic E-state index is 12.1. The van der Waals surface area contributed by atoms with Gasteiger partial charge < -0.3 is 5.11 Å². The summed E-state index contributed by atoms with van der Waals surface area (Å²) in [5, 5.41) is 20.1. The fraction of sp³-hybridized carbons (Fsp3) is 0.333. The van der Waals surface area contributed by atoms with Crippen molar-refractivity contribution in [3.05, 3.63) is 40.7 Å². The van der Waals surface area contributed by atoms with Gasteiger partial charge in [0.05, 0.1) is 11.4 Å². The van der Waals surface area contributed by atoms with E-state index in [1.54, 1.807) is 19.1 Å². The molecule has 0 aliphatic rings. The number of aryl methyl sites for hydroxylation is 3. The first kappa shape index (κ1) is 14.9. The van der Waals surface area contributed by atoms with Crippen LogP contribution in [0.3, 0.4) is 0 Å². The largest absolute Gasteiger partial charge is 0.508 e. The lowest BCUT2D eigenvalue weighted by Crippen LogP contribution is -2.16. The molecule has 0 radical (unpaired) electrons. The molecule has 0 bridgehead atoms. The van der Waals surface area contributed by atoms with Crippen LogP contribution in [0.5, 0.6) is 5.75 Å². The van der Waals surface area contributed by atoms with Crippen LogP contribution < -0.4 is 5.32 Å². The van der Waals surface area contributed by atoms with Gasteiger partial charge in [0.2, 0.25) is 5.95 Å². The molecule has 0 fully saturated rings. The van der Waals surface area contributed by atoms with E-state index in [-0.39, 0.29) is 17.6 Å². The number of aromatic hydroxyl groups is 1. The van der Waals surface area contributed by atoms with E-state index in [2.05, 4.69) is 20.5 Å². The van der Waals surface area contributed by atoms with Crippen molar-refractivity contribution in [2.24, 2.45) is 0 Å². The fourth-order valence-corrected chi connectivity index (χ4v) is 1.96. The van der Waals surface area contributed by atoms with Crippen LogP contribution in [0.1, 0.15) is 41.2 Å². The zero-order chi connectivity index (χ0) is 15.4. The second-order valence-electron chi connectivity index (χ2n) is 4.69. The molecule has 1 heterocycles. The second-order valence-corrected chi connectivity index (χ2v) is 4.69. The summed E-state index contributed by atoms with van der Waals surface area (Å²) >= 11 is 0. The summed E-state index contributed by atoms with van der Waals surface area (Å²) in [5.41, 5.74) is 2.75. The summed E-state index contributed by atoms with van der Waals surface area (Å²) < 4.78 is 0. The third-order valence-corrected chi connectivity index (χ3v) is 3.19. The number of rotatable bonds is 4. The Morgan fingerprint density at radius 3 is 2.52 bits per heavy atom. The van der Waals surface area contributed by atoms with Gasteiger partial charge >= 0.3 is 0 Å². The number of carbonyl (C=O) groups is 1. The molecule has 21 heavy (non-hydrogen) atoms. The van der Waals surface area contributed by atoms with Crippen LogP contribution in [0.2, 0.25) is 0 Å². The van der Waals surface area contributed by atoms with Crippen LogP contribution in [0.25, 0.3) is 0 Å². The van der Waals surface area contributed by atoms with Crippen LogP contribution in [-0.4, -0.2) is 26.2 Å². The molecular formula is C15H18N4O2. The van der Waals surface area contributed by atoms with Crippen molar-refractivity contribution >= 4 is 11.9 Å². The van der Waals surface area contributed by atoms with Gasteiger partial charge in [0.15, 0.2) is 0 Å². The summed E-state index contributed by atoms with van der Waals surface area (Å²) in [6.45, 7) is 5.70. The molecule has 1 amide bonds. The van der Waals surface area contributed by atoms with Crippen molar-refractivity contribution in [1.82, 2.24) is 15.2 Å². The monoisotopic (exact) mass is 286 g/mol. The normalized spacial score (nSPS) is 10.4. The molecule has 0 atom stereocenters. The number of amides is 1. The molecule has 2 aromatic rings.